The second kappa shape index (κ2) is 8.18. The third kappa shape index (κ3) is 4.73. The fourth-order valence-electron chi connectivity index (χ4n) is 3.20. The first-order valence-electron chi connectivity index (χ1n) is 8.46. The molecule has 0 spiro atoms. The Labute approximate surface area is 134 Å². The molecule has 4 heteroatoms. The van der Waals surface area contributed by atoms with E-state index in [-0.39, 0.29) is 5.91 Å². The van der Waals surface area contributed by atoms with Crippen molar-refractivity contribution in [1.82, 2.24) is 9.80 Å². The molecule has 1 fully saturated rings. The van der Waals surface area contributed by atoms with E-state index in [0.29, 0.717) is 6.42 Å². The molecule has 0 unspecified atom stereocenters. The minimum Gasteiger partial charge on any atom is -0.399 e. The van der Waals surface area contributed by atoms with Crippen LogP contribution < -0.4 is 5.73 Å². The lowest BCUT2D eigenvalue weighted by atomic mass is 9.95. The molecule has 1 aromatic carbocycles. The largest absolute Gasteiger partial charge is 0.399 e. The summed E-state index contributed by atoms with van der Waals surface area (Å²) in [6, 6.07) is 7.63. The van der Waals surface area contributed by atoms with Gasteiger partial charge in [0.25, 0.3) is 0 Å². The minimum atomic E-state index is 0.229. The molecule has 1 amide bonds. The number of benzene rings is 1. The van der Waals surface area contributed by atoms with Crippen molar-refractivity contribution in [3.05, 3.63) is 29.8 Å². The zero-order valence-corrected chi connectivity index (χ0v) is 13.9. The molecule has 122 valence electrons. The predicted molar refractivity (Wildman–Crippen MR) is 91.7 cm³/mol. The maximum Gasteiger partial charge on any atom is 0.226 e. The number of rotatable bonds is 6. The number of amides is 1. The number of anilines is 1. The summed E-state index contributed by atoms with van der Waals surface area (Å²) in [6.45, 7) is 9.63. The van der Waals surface area contributed by atoms with Gasteiger partial charge < -0.3 is 15.5 Å². The second-order valence-corrected chi connectivity index (χ2v) is 6.23. The lowest BCUT2D eigenvalue weighted by Gasteiger charge is -2.34. The first kappa shape index (κ1) is 16.8. The molecule has 0 atom stereocenters. The quantitative estimate of drug-likeness (QED) is 0.821. The number of piperidine rings is 1. The SMILES string of the molecule is CCN(CC)CC1CCN(C(=O)Cc2cccc(N)c2)CC1. The van der Waals surface area contributed by atoms with Crippen molar-refractivity contribution in [1.29, 1.82) is 0 Å². The first-order valence-corrected chi connectivity index (χ1v) is 8.46. The highest BCUT2D eigenvalue weighted by Gasteiger charge is 2.23. The molecule has 1 saturated heterocycles. The predicted octanol–water partition coefficient (Wildman–Crippen LogP) is 2.39. The van der Waals surface area contributed by atoms with E-state index in [2.05, 4.69) is 18.7 Å². The van der Waals surface area contributed by atoms with Gasteiger partial charge in [-0.1, -0.05) is 26.0 Å². The Morgan fingerprint density at radius 2 is 1.95 bits per heavy atom. The Bertz CT molecular complexity index is 477. The highest BCUT2D eigenvalue weighted by atomic mass is 16.2. The number of carbonyl (C=O) groups is 1. The number of likely N-dealkylation sites (tertiary alicyclic amines) is 1. The Morgan fingerprint density at radius 1 is 1.27 bits per heavy atom. The third-order valence-corrected chi connectivity index (χ3v) is 4.68. The number of nitrogens with zero attached hydrogens (tertiary/aromatic N) is 2. The van der Waals surface area contributed by atoms with Gasteiger partial charge in [-0.3, -0.25) is 4.79 Å². The van der Waals surface area contributed by atoms with Crippen molar-refractivity contribution < 1.29 is 4.79 Å². The Kier molecular flexibility index (Phi) is 6.25. The summed E-state index contributed by atoms with van der Waals surface area (Å²) in [5.74, 6) is 0.961. The molecule has 0 aliphatic carbocycles. The van der Waals surface area contributed by atoms with Gasteiger partial charge in [0.1, 0.15) is 0 Å². The van der Waals surface area contributed by atoms with Gasteiger partial charge in [0.15, 0.2) is 0 Å². The molecule has 4 nitrogen and oxygen atoms in total. The molecule has 22 heavy (non-hydrogen) atoms. The number of hydrogen-bond acceptors (Lipinski definition) is 3. The van der Waals surface area contributed by atoms with E-state index in [1.165, 1.54) is 6.54 Å². The van der Waals surface area contributed by atoms with E-state index in [4.69, 9.17) is 5.73 Å². The molecule has 0 bridgehead atoms. The van der Waals surface area contributed by atoms with Crippen molar-refractivity contribution in [2.45, 2.75) is 33.1 Å². The van der Waals surface area contributed by atoms with Crippen molar-refractivity contribution in [2.75, 3.05) is 38.5 Å². The van der Waals surface area contributed by atoms with Crippen LogP contribution in [0.5, 0.6) is 0 Å². The summed E-state index contributed by atoms with van der Waals surface area (Å²) < 4.78 is 0. The molecule has 2 N–H and O–H groups in total. The molecule has 1 aromatic rings. The topological polar surface area (TPSA) is 49.6 Å². The average molecular weight is 303 g/mol. The fraction of sp³-hybridized carbons (Fsp3) is 0.611. The van der Waals surface area contributed by atoms with E-state index in [1.54, 1.807) is 0 Å². The zero-order chi connectivity index (χ0) is 15.9. The molecule has 0 aromatic heterocycles. The zero-order valence-electron chi connectivity index (χ0n) is 13.9. The van der Waals surface area contributed by atoms with Crippen molar-refractivity contribution in [2.24, 2.45) is 5.92 Å². The number of nitrogens with two attached hydrogens (primary N) is 1. The van der Waals surface area contributed by atoms with Crippen LogP contribution in [0.4, 0.5) is 5.69 Å². The van der Waals surface area contributed by atoms with Crippen molar-refractivity contribution in [3.63, 3.8) is 0 Å². The first-order chi connectivity index (χ1) is 10.6. The van der Waals surface area contributed by atoms with Crippen LogP contribution in [-0.4, -0.2) is 48.4 Å². The van der Waals surface area contributed by atoms with Gasteiger partial charge in [-0.25, -0.2) is 0 Å². The Balaban J connectivity index is 1.80. The molecule has 1 heterocycles. The maximum atomic E-state index is 12.4. The van der Waals surface area contributed by atoms with Gasteiger partial charge in [0.05, 0.1) is 6.42 Å². The maximum absolute atomic E-state index is 12.4. The van der Waals surface area contributed by atoms with Gasteiger partial charge in [0, 0.05) is 25.3 Å². The molecular weight excluding hydrogens is 274 g/mol. The summed E-state index contributed by atoms with van der Waals surface area (Å²) >= 11 is 0. The van der Waals surface area contributed by atoms with Crippen molar-refractivity contribution >= 4 is 11.6 Å². The van der Waals surface area contributed by atoms with Crippen LogP contribution in [0.25, 0.3) is 0 Å². The molecule has 2 rings (SSSR count). The summed E-state index contributed by atoms with van der Waals surface area (Å²) in [6.07, 6.45) is 2.71. The molecule has 1 aliphatic rings. The van der Waals surface area contributed by atoms with Gasteiger partial charge in [-0.05, 0) is 49.5 Å². The second-order valence-electron chi connectivity index (χ2n) is 6.23. The normalized spacial score (nSPS) is 16.2. The minimum absolute atomic E-state index is 0.229. The number of hydrogen-bond donors (Lipinski definition) is 1. The van der Waals surface area contributed by atoms with Gasteiger partial charge in [-0.2, -0.15) is 0 Å². The highest BCUT2D eigenvalue weighted by Crippen LogP contribution is 2.19. The smallest absolute Gasteiger partial charge is 0.226 e. The van der Waals surface area contributed by atoms with E-state index < -0.39 is 0 Å². The van der Waals surface area contributed by atoms with E-state index in [0.717, 1.165) is 56.2 Å². The Morgan fingerprint density at radius 3 is 2.55 bits per heavy atom. The van der Waals surface area contributed by atoms with Crippen LogP contribution in [0.1, 0.15) is 32.3 Å². The van der Waals surface area contributed by atoms with Crippen LogP contribution in [0.3, 0.4) is 0 Å². The van der Waals surface area contributed by atoms with Crippen LogP contribution in [-0.2, 0) is 11.2 Å². The van der Waals surface area contributed by atoms with E-state index in [1.807, 2.05) is 29.2 Å². The lowest BCUT2D eigenvalue weighted by molar-refractivity contribution is -0.131. The Hall–Kier alpha value is -1.55. The van der Waals surface area contributed by atoms with E-state index in [9.17, 15) is 4.79 Å². The van der Waals surface area contributed by atoms with Gasteiger partial charge in [0.2, 0.25) is 5.91 Å². The monoisotopic (exact) mass is 303 g/mol. The van der Waals surface area contributed by atoms with Crippen molar-refractivity contribution in [3.8, 4) is 0 Å². The molecular formula is C18H29N3O. The van der Waals surface area contributed by atoms with Gasteiger partial charge in [-0.15, -0.1) is 0 Å². The molecule has 0 saturated carbocycles. The standard InChI is InChI=1S/C18H29N3O/c1-3-20(4-2)14-15-8-10-21(11-9-15)18(22)13-16-6-5-7-17(19)12-16/h5-7,12,15H,3-4,8-11,13-14,19H2,1-2H3. The number of nitrogen functional groups attached to an aromatic ring is 1. The van der Waals surface area contributed by atoms with Crippen LogP contribution in [0.15, 0.2) is 24.3 Å². The summed E-state index contributed by atoms with van der Waals surface area (Å²) in [7, 11) is 0. The fourth-order valence-corrected chi connectivity index (χ4v) is 3.20. The van der Waals surface area contributed by atoms with Crippen LogP contribution in [0.2, 0.25) is 0 Å². The molecule has 0 radical (unpaired) electrons. The van der Waals surface area contributed by atoms with Crippen LogP contribution >= 0.6 is 0 Å². The van der Waals surface area contributed by atoms with Crippen LogP contribution in [0, 0.1) is 5.92 Å². The summed E-state index contributed by atoms with van der Waals surface area (Å²) in [4.78, 5) is 16.9. The highest BCUT2D eigenvalue weighted by molar-refractivity contribution is 5.79. The average Bonchev–Trinajstić information content (AvgIpc) is 2.53. The summed E-state index contributed by atoms with van der Waals surface area (Å²) in [5.41, 5.74) is 7.51. The lowest BCUT2D eigenvalue weighted by Crippen LogP contribution is -2.42. The van der Waals surface area contributed by atoms with E-state index >= 15 is 0 Å². The number of carbonyl (C=O) groups excluding carboxylic acids is 1. The summed E-state index contributed by atoms with van der Waals surface area (Å²) in [5, 5.41) is 0. The van der Waals surface area contributed by atoms with Gasteiger partial charge >= 0.3 is 0 Å². The molecule has 1 aliphatic heterocycles. The third-order valence-electron chi connectivity index (χ3n) is 4.68.